The molecule has 1 aliphatic rings. The van der Waals surface area contributed by atoms with Gasteiger partial charge < -0.3 is 4.42 Å². The van der Waals surface area contributed by atoms with Crippen molar-refractivity contribution in [1.29, 1.82) is 0 Å². The van der Waals surface area contributed by atoms with Crippen molar-refractivity contribution in [2.75, 3.05) is 5.32 Å². The third-order valence-corrected chi connectivity index (χ3v) is 5.42. The van der Waals surface area contributed by atoms with E-state index in [4.69, 9.17) is 16.0 Å². The van der Waals surface area contributed by atoms with Gasteiger partial charge in [-0.15, -0.1) is 10.2 Å². The Balaban J connectivity index is 1.64. The average molecular weight is 348 g/mol. The summed E-state index contributed by atoms with van der Waals surface area (Å²) in [6.45, 7) is 3.75. The van der Waals surface area contributed by atoms with Crippen molar-refractivity contribution in [3.05, 3.63) is 39.1 Å². The van der Waals surface area contributed by atoms with Gasteiger partial charge in [0.1, 0.15) is 10.6 Å². The Kier molecular flexibility index (Phi) is 3.39. The Morgan fingerprint density at radius 3 is 2.87 bits per heavy atom. The van der Waals surface area contributed by atoms with Gasteiger partial charge in [0.15, 0.2) is 5.76 Å². The van der Waals surface area contributed by atoms with Gasteiger partial charge in [-0.25, -0.2) is 0 Å². The van der Waals surface area contributed by atoms with E-state index in [1.165, 1.54) is 11.3 Å². The van der Waals surface area contributed by atoms with E-state index in [0.717, 1.165) is 34.4 Å². The number of hydrogen-bond donors (Lipinski definition) is 1. The molecule has 23 heavy (non-hydrogen) atoms. The number of carbonyl (C=O) groups excluding carboxylic acids is 1. The zero-order chi connectivity index (χ0) is 16.1. The van der Waals surface area contributed by atoms with Crippen molar-refractivity contribution in [3.63, 3.8) is 0 Å². The lowest BCUT2D eigenvalue weighted by molar-refractivity contribution is 0.0998. The van der Waals surface area contributed by atoms with Crippen LogP contribution in [0.2, 0.25) is 5.02 Å². The Morgan fingerprint density at radius 1 is 1.35 bits per heavy atom. The SMILES string of the molecule is Cc1cc2oc(C(=O)Nc3nnc(C4CC4)s3)c(C)c2cc1Cl. The maximum absolute atomic E-state index is 12.5. The molecule has 0 aliphatic heterocycles. The van der Waals surface area contributed by atoms with Crippen molar-refractivity contribution in [2.24, 2.45) is 0 Å². The summed E-state index contributed by atoms with van der Waals surface area (Å²) < 4.78 is 5.72. The molecule has 1 aromatic carbocycles. The summed E-state index contributed by atoms with van der Waals surface area (Å²) in [6, 6.07) is 3.68. The monoisotopic (exact) mass is 347 g/mol. The standard InChI is InChI=1S/C16H14ClN3O2S/c1-7-5-12-10(6-11(7)17)8(2)13(22-12)14(21)18-16-20-19-15(23-16)9-3-4-9/h5-6,9H,3-4H2,1-2H3,(H,18,20,21). The van der Waals surface area contributed by atoms with Crippen LogP contribution in [0.25, 0.3) is 11.0 Å². The molecular weight excluding hydrogens is 334 g/mol. The summed E-state index contributed by atoms with van der Waals surface area (Å²) >= 11 is 7.58. The van der Waals surface area contributed by atoms with E-state index in [2.05, 4.69) is 15.5 Å². The van der Waals surface area contributed by atoms with Gasteiger partial charge in [-0.3, -0.25) is 10.1 Å². The highest BCUT2D eigenvalue weighted by molar-refractivity contribution is 7.15. The topological polar surface area (TPSA) is 68.0 Å². The summed E-state index contributed by atoms with van der Waals surface area (Å²) in [5, 5.41) is 13.9. The van der Waals surface area contributed by atoms with E-state index in [0.29, 0.717) is 21.7 Å². The van der Waals surface area contributed by atoms with Crippen LogP contribution in [0.15, 0.2) is 16.5 Å². The lowest BCUT2D eigenvalue weighted by atomic mass is 10.1. The molecule has 0 unspecified atom stereocenters. The molecule has 0 bridgehead atoms. The summed E-state index contributed by atoms with van der Waals surface area (Å²) in [5.41, 5.74) is 2.34. The quantitative estimate of drug-likeness (QED) is 0.746. The molecule has 3 aromatic rings. The van der Waals surface area contributed by atoms with Crippen molar-refractivity contribution >= 4 is 44.9 Å². The maximum Gasteiger partial charge on any atom is 0.293 e. The minimum absolute atomic E-state index is 0.282. The Labute approximate surface area is 141 Å². The van der Waals surface area contributed by atoms with Crippen LogP contribution in [0, 0.1) is 13.8 Å². The molecule has 1 N–H and O–H groups in total. The van der Waals surface area contributed by atoms with Gasteiger partial charge in [0, 0.05) is 21.9 Å². The van der Waals surface area contributed by atoms with Crippen molar-refractivity contribution in [2.45, 2.75) is 32.6 Å². The van der Waals surface area contributed by atoms with E-state index in [-0.39, 0.29) is 11.7 Å². The zero-order valence-electron chi connectivity index (χ0n) is 12.6. The number of furan rings is 1. The number of carbonyl (C=O) groups is 1. The van der Waals surface area contributed by atoms with E-state index < -0.39 is 0 Å². The van der Waals surface area contributed by atoms with Crippen LogP contribution in [-0.2, 0) is 0 Å². The molecule has 118 valence electrons. The second-order valence-electron chi connectivity index (χ2n) is 5.83. The van der Waals surface area contributed by atoms with Crippen LogP contribution in [0.4, 0.5) is 5.13 Å². The molecule has 4 rings (SSSR count). The Hall–Kier alpha value is -1.92. The second-order valence-corrected chi connectivity index (χ2v) is 7.24. The first-order valence-corrected chi connectivity index (χ1v) is 8.56. The number of aryl methyl sites for hydroxylation is 2. The Bertz CT molecular complexity index is 927. The van der Waals surface area contributed by atoms with Gasteiger partial charge in [-0.1, -0.05) is 22.9 Å². The predicted octanol–water partition coefficient (Wildman–Crippen LogP) is 4.68. The van der Waals surface area contributed by atoms with Gasteiger partial charge in [0.2, 0.25) is 5.13 Å². The number of rotatable bonds is 3. The fraction of sp³-hybridized carbons (Fsp3) is 0.312. The van der Waals surface area contributed by atoms with E-state index >= 15 is 0 Å². The number of hydrogen-bond acceptors (Lipinski definition) is 5. The predicted molar refractivity (Wildman–Crippen MR) is 90.5 cm³/mol. The maximum atomic E-state index is 12.5. The summed E-state index contributed by atoms with van der Waals surface area (Å²) in [4.78, 5) is 12.5. The van der Waals surface area contributed by atoms with Crippen LogP contribution in [0.3, 0.4) is 0 Å². The van der Waals surface area contributed by atoms with Crippen molar-refractivity contribution < 1.29 is 9.21 Å². The number of benzene rings is 1. The molecule has 1 fully saturated rings. The summed E-state index contributed by atoms with van der Waals surface area (Å²) in [7, 11) is 0. The van der Waals surface area contributed by atoms with E-state index in [9.17, 15) is 4.79 Å². The zero-order valence-corrected chi connectivity index (χ0v) is 14.2. The molecule has 0 atom stereocenters. The van der Waals surface area contributed by atoms with Crippen molar-refractivity contribution in [1.82, 2.24) is 10.2 Å². The van der Waals surface area contributed by atoms with Crippen LogP contribution < -0.4 is 5.32 Å². The van der Waals surface area contributed by atoms with Gasteiger partial charge in [-0.05, 0) is 44.4 Å². The average Bonchev–Trinajstić information content (AvgIpc) is 3.19. The highest BCUT2D eigenvalue weighted by Gasteiger charge is 2.28. The van der Waals surface area contributed by atoms with Gasteiger partial charge in [0.05, 0.1) is 0 Å². The smallest absolute Gasteiger partial charge is 0.293 e. The summed E-state index contributed by atoms with van der Waals surface area (Å²) in [6.07, 6.45) is 2.32. The number of aromatic nitrogens is 2. The highest BCUT2D eigenvalue weighted by atomic mass is 35.5. The number of amides is 1. The van der Waals surface area contributed by atoms with Gasteiger partial charge in [0.25, 0.3) is 5.91 Å². The largest absolute Gasteiger partial charge is 0.451 e. The van der Waals surface area contributed by atoms with E-state index in [1.807, 2.05) is 26.0 Å². The number of anilines is 1. The highest BCUT2D eigenvalue weighted by Crippen LogP contribution is 2.42. The Morgan fingerprint density at radius 2 is 2.13 bits per heavy atom. The van der Waals surface area contributed by atoms with Crippen LogP contribution >= 0.6 is 22.9 Å². The lowest BCUT2D eigenvalue weighted by Crippen LogP contribution is -2.11. The molecule has 7 heteroatoms. The molecule has 1 amide bonds. The molecule has 5 nitrogen and oxygen atoms in total. The fourth-order valence-corrected chi connectivity index (χ4v) is 3.56. The summed E-state index contributed by atoms with van der Waals surface area (Å²) in [5.74, 6) is 0.493. The minimum atomic E-state index is -0.314. The first-order valence-electron chi connectivity index (χ1n) is 7.37. The number of fused-ring (bicyclic) bond motifs is 1. The molecular formula is C16H14ClN3O2S. The third-order valence-electron chi connectivity index (χ3n) is 4.01. The van der Waals surface area contributed by atoms with Gasteiger partial charge >= 0.3 is 0 Å². The first-order chi connectivity index (χ1) is 11.0. The molecule has 2 heterocycles. The third kappa shape index (κ3) is 2.62. The normalized spacial score (nSPS) is 14.4. The minimum Gasteiger partial charge on any atom is -0.451 e. The first kappa shape index (κ1) is 14.7. The lowest BCUT2D eigenvalue weighted by Gasteiger charge is -1.98. The van der Waals surface area contributed by atoms with Crippen molar-refractivity contribution in [3.8, 4) is 0 Å². The molecule has 0 saturated heterocycles. The fourth-order valence-electron chi connectivity index (χ4n) is 2.49. The second kappa shape index (κ2) is 5.32. The molecule has 1 saturated carbocycles. The number of nitrogens with one attached hydrogen (secondary N) is 1. The number of halogens is 1. The molecule has 2 aromatic heterocycles. The van der Waals surface area contributed by atoms with E-state index in [1.54, 1.807) is 0 Å². The van der Waals surface area contributed by atoms with Gasteiger partial charge in [-0.2, -0.15) is 0 Å². The van der Waals surface area contributed by atoms with Crippen LogP contribution in [0.5, 0.6) is 0 Å². The number of nitrogens with zero attached hydrogens (tertiary/aromatic N) is 2. The molecule has 0 spiro atoms. The molecule has 1 aliphatic carbocycles. The van der Waals surface area contributed by atoms with Crippen LogP contribution in [0.1, 0.15) is 45.4 Å². The van der Waals surface area contributed by atoms with Crippen LogP contribution in [-0.4, -0.2) is 16.1 Å². The molecule has 0 radical (unpaired) electrons.